The summed E-state index contributed by atoms with van der Waals surface area (Å²) in [6.07, 6.45) is 5.16. The number of nitrogens with two attached hydrogens (primary N) is 1. The van der Waals surface area contributed by atoms with Gasteiger partial charge in [0.05, 0.1) is 6.61 Å². The second kappa shape index (κ2) is 5.86. The molecular weight excluding hydrogens is 180 g/mol. The van der Waals surface area contributed by atoms with Crippen molar-refractivity contribution in [1.82, 2.24) is 5.32 Å². The Kier molecular flexibility index (Phi) is 4.73. The topological polar surface area (TPSA) is 64.3 Å². The predicted molar refractivity (Wildman–Crippen MR) is 55.0 cm³/mol. The van der Waals surface area contributed by atoms with Gasteiger partial charge >= 0.3 is 6.09 Å². The van der Waals surface area contributed by atoms with Gasteiger partial charge in [0, 0.05) is 12.1 Å². The quantitative estimate of drug-likeness (QED) is 0.662. The molecule has 0 aromatic heterocycles. The van der Waals surface area contributed by atoms with Crippen LogP contribution in [-0.4, -0.2) is 24.8 Å². The summed E-state index contributed by atoms with van der Waals surface area (Å²) in [5.41, 5.74) is 5.95. The van der Waals surface area contributed by atoms with Gasteiger partial charge in [0.15, 0.2) is 0 Å². The van der Waals surface area contributed by atoms with Crippen LogP contribution in [0, 0.1) is 0 Å². The summed E-state index contributed by atoms with van der Waals surface area (Å²) in [6, 6.07) is 0.179. The molecule has 1 rings (SSSR count). The Morgan fingerprint density at radius 2 is 2.14 bits per heavy atom. The summed E-state index contributed by atoms with van der Waals surface area (Å²) >= 11 is 0. The van der Waals surface area contributed by atoms with Crippen LogP contribution in [0.1, 0.15) is 39.0 Å². The third-order valence-electron chi connectivity index (χ3n) is 2.65. The van der Waals surface area contributed by atoms with Crippen LogP contribution in [0.25, 0.3) is 0 Å². The molecule has 0 aromatic carbocycles. The molecule has 0 aliphatic heterocycles. The molecule has 0 bridgehead atoms. The van der Waals surface area contributed by atoms with E-state index in [2.05, 4.69) is 5.32 Å². The van der Waals surface area contributed by atoms with Gasteiger partial charge in [-0.1, -0.05) is 19.3 Å². The maximum atomic E-state index is 11.2. The third-order valence-corrected chi connectivity index (χ3v) is 2.65. The monoisotopic (exact) mass is 200 g/mol. The Morgan fingerprint density at radius 3 is 2.86 bits per heavy atom. The number of carbonyl (C=O) groups is 1. The predicted octanol–water partition coefficient (Wildman–Crippen LogP) is 1.39. The molecule has 0 saturated heterocycles. The molecule has 3 N–H and O–H groups in total. The Morgan fingerprint density at radius 1 is 1.43 bits per heavy atom. The summed E-state index contributed by atoms with van der Waals surface area (Å²) in [7, 11) is 0. The number of amides is 1. The van der Waals surface area contributed by atoms with E-state index < -0.39 is 0 Å². The van der Waals surface area contributed by atoms with Gasteiger partial charge in [0.25, 0.3) is 0 Å². The second-order valence-electron chi connectivity index (χ2n) is 3.77. The summed E-state index contributed by atoms with van der Waals surface area (Å²) in [5.74, 6) is 0. The number of nitrogens with one attached hydrogen (secondary N) is 1. The minimum Gasteiger partial charge on any atom is -0.450 e. The standard InChI is InChI=1S/C10H20N2O2/c1-2-14-10(13)12-9-7-5-3-4-6-8(9)11/h8-9H,2-7,11H2,1H3,(H,12,13). The number of rotatable bonds is 2. The van der Waals surface area contributed by atoms with Gasteiger partial charge in [-0.15, -0.1) is 0 Å². The first-order chi connectivity index (χ1) is 6.74. The van der Waals surface area contributed by atoms with Crippen molar-refractivity contribution in [3.05, 3.63) is 0 Å². The Labute approximate surface area is 85.2 Å². The molecule has 1 fully saturated rings. The molecule has 1 aliphatic carbocycles. The summed E-state index contributed by atoms with van der Waals surface area (Å²) < 4.78 is 4.83. The van der Waals surface area contributed by atoms with Crippen molar-refractivity contribution in [3.8, 4) is 0 Å². The van der Waals surface area contributed by atoms with E-state index >= 15 is 0 Å². The molecule has 14 heavy (non-hydrogen) atoms. The zero-order chi connectivity index (χ0) is 10.4. The zero-order valence-electron chi connectivity index (χ0n) is 8.79. The van der Waals surface area contributed by atoms with E-state index in [-0.39, 0.29) is 18.2 Å². The first kappa shape index (κ1) is 11.3. The smallest absolute Gasteiger partial charge is 0.407 e. The van der Waals surface area contributed by atoms with E-state index in [1.165, 1.54) is 12.8 Å². The van der Waals surface area contributed by atoms with Crippen molar-refractivity contribution in [2.75, 3.05) is 6.61 Å². The van der Waals surface area contributed by atoms with Gasteiger partial charge in [-0.05, 0) is 19.8 Å². The highest BCUT2D eigenvalue weighted by atomic mass is 16.5. The zero-order valence-corrected chi connectivity index (χ0v) is 8.79. The average molecular weight is 200 g/mol. The largest absolute Gasteiger partial charge is 0.450 e. The molecule has 2 unspecified atom stereocenters. The molecule has 1 amide bonds. The van der Waals surface area contributed by atoms with Gasteiger partial charge in [-0.3, -0.25) is 0 Å². The highest BCUT2D eigenvalue weighted by molar-refractivity contribution is 5.67. The molecule has 4 nitrogen and oxygen atoms in total. The third kappa shape index (κ3) is 3.54. The molecule has 0 aromatic rings. The fourth-order valence-electron chi connectivity index (χ4n) is 1.84. The average Bonchev–Trinajstić information content (AvgIpc) is 2.33. The summed E-state index contributed by atoms with van der Waals surface area (Å²) in [5, 5.41) is 2.82. The lowest BCUT2D eigenvalue weighted by Gasteiger charge is -2.21. The van der Waals surface area contributed by atoms with Crippen molar-refractivity contribution in [2.24, 2.45) is 5.73 Å². The molecule has 2 atom stereocenters. The van der Waals surface area contributed by atoms with Crippen LogP contribution in [0.5, 0.6) is 0 Å². The Bertz CT molecular complexity index is 185. The van der Waals surface area contributed by atoms with Crippen LogP contribution in [0.15, 0.2) is 0 Å². The van der Waals surface area contributed by atoms with E-state index in [4.69, 9.17) is 10.5 Å². The lowest BCUT2D eigenvalue weighted by Crippen LogP contribution is -2.47. The molecule has 0 radical (unpaired) electrons. The van der Waals surface area contributed by atoms with E-state index in [0.717, 1.165) is 19.3 Å². The van der Waals surface area contributed by atoms with Crippen LogP contribution in [-0.2, 0) is 4.74 Å². The molecule has 1 aliphatic rings. The van der Waals surface area contributed by atoms with E-state index in [0.29, 0.717) is 6.61 Å². The van der Waals surface area contributed by atoms with E-state index in [1.54, 1.807) is 6.92 Å². The van der Waals surface area contributed by atoms with Gasteiger partial charge in [-0.2, -0.15) is 0 Å². The molecule has 0 heterocycles. The summed E-state index contributed by atoms with van der Waals surface area (Å²) in [4.78, 5) is 11.2. The fourth-order valence-corrected chi connectivity index (χ4v) is 1.84. The highest BCUT2D eigenvalue weighted by Crippen LogP contribution is 2.16. The minimum atomic E-state index is -0.338. The van der Waals surface area contributed by atoms with Crippen molar-refractivity contribution in [1.29, 1.82) is 0 Å². The molecule has 0 spiro atoms. The van der Waals surface area contributed by atoms with Crippen LogP contribution in [0.3, 0.4) is 0 Å². The van der Waals surface area contributed by atoms with Crippen LogP contribution >= 0.6 is 0 Å². The molecule has 1 saturated carbocycles. The van der Waals surface area contributed by atoms with Crippen molar-refractivity contribution < 1.29 is 9.53 Å². The lowest BCUT2D eigenvalue weighted by atomic mass is 10.0. The van der Waals surface area contributed by atoms with Crippen molar-refractivity contribution in [2.45, 2.75) is 51.1 Å². The van der Waals surface area contributed by atoms with Gasteiger partial charge in [0.2, 0.25) is 0 Å². The highest BCUT2D eigenvalue weighted by Gasteiger charge is 2.22. The Hall–Kier alpha value is -0.770. The second-order valence-corrected chi connectivity index (χ2v) is 3.77. The molecule has 4 heteroatoms. The van der Waals surface area contributed by atoms with Gasteiger partial charge in [-0.25, -0.2) is 4.79 Å². The summed E-state index contributed by atoms with van der Waals surface area (Å²) in [6.45, 7) is 2.21. The number of alkyl carbamates (subject to hydrolysis) is 1. The van der Waals surface area contributed by atoms with Crippen LogP contribution in [0.4, 0.5) is 4.79 Å². The van der Waals surface area contributed by atoms with Crippen molar-refractivity contribution >= 4 is 6.09 Å². The minimum absolute atomic E-state index is 0.0851. The normalized spacial score (nSPS) is 27.9. The maximum Gasteiger partial charge on any atom is 0.407 e. The first-order valence-electron chi connectivity index (χ1n) is 5.43. The maximum absolute atomic E-state index is 11.2. The fraction of sp³-hybridized carbons (Fsp3) is 0.900. The first-order valence-corrected chi connectivity index (χ1v) is 5.43. The van der Waals surface area contributed by atoms with E-state index in [1.807, 2.05) is 0 Å². The van der Waals surface area contributed by atoms with Crippen molar-refractivity contribution in [3.63, 3.8) is 0 Å². The van der Waals surface area contributed by atoms with Crippen LogP contribution < -0.4 is 11.1 Å². The molecule has 82 valence electrons. The van der Waals surface area contributed by atoms with Gasteiger partial charge in [0.1, 0.15) is 0 Å². The van der Waals surface area contributed by atoms with Crippen LogP contribution in [0.2, 0.25) is 0 Å². The number of ether oxygens (including phenoxy) is 1. The number of hydrogen-bond donors (Lipinski definition) is 2. The van der Waals surface area contributed by atoms with Gasteiger partial charge < -0.3 is 15.8 Å². The van der Waals surface area contributed by atoms with E-state index in [9.17, 15) is 4.79 Å². The number of hydrogen-bond acceptors (Lipinski definition) is 3. The SMILES string of the molecule is CCOC(=O)NC1CCCCCC1N. The number of carbonyl (C=O) groups excluding carboxylic acids is 1. The molecular formula is C10H20N2O2. The Balaban J connectivity index is 2.36. The lowest BCUT2D eigenvalue weighted by molar-refractivity contribution is 0.145.